The Kier molecular flexibility index (Phi) is 6.48. The van der Waals surface area contributed by atoms with Gasteiger partial charge in [0.2, 0.25) is 0 Å². The summed E-state index contributed by atoms with van der Waals surface area (Å²) in [5.74, 6) is -1.18. The number of carbonyl (C=O) groups is 2. The van der Waals surface area contributed by atoms with Crippen molar-refractivity contribution in [2.75, 3.05) is 5.32 Å². The molecule has 0 aliphatic heterocycles. The van der Waals surface area contributed by atoms with Crippen molar-refractivity contribution in [1.29, 1.82) is 0 Å². The standard InChI is InChI=1S/C13H16Br2N2O3/c1-3-7(2)11(12(18)19)17-13(20)16-10-5-4-8(14)6-9(10)15/h4-7,11H,3H2,1-2H3,(H,18,19)(H2,16,17,20). The molecule has 0 fully saturated rings. The van der Waals surface area contributed by atoms with Crippen LogP contribution in [0, 0.1) is 5.92 Å². The summed E-state index contributed by atoms with van der Waals surface area (Å²) in [5.41, 5.74) is 0.569. The van der Waals surface area contributed by atoms with Crippen LogP contribution in [-0.4, -0.2) is 23.1 Å². The molecule has 110 valence electrons. The molecule has 0 aliphatic rings. The van der Waals surface area contributed by atoms with Crippen molar-refractivity contribution in [1.82, 2.24) is 5.32 Å². The molecule has 0 aromatic heterocycles. The number of hydrogen-bond donors (Lipinski definition) is 3. The van der Waals surface area contributed by atoms with Crippen LogP contribution in [-0.2, 0) is 4.79 Å². The third-order valence-corrected chi connectivity index (χ3v) is 4.09. The van der Waals surface area contributed by atoms with Gasteiger partial charge in [-0.25, -0.2) is 9.59 Å². The number of aliphatic carboxylic acids is 1. The lowest BCUT2D eigenvalue weighted by atomic mass is 9.99. The van der Waals surface area contributed by atoms with Crippen LogP contribution in [0.4, 0.5) is 10.5 Å². The van der Waals surface area contributed by atoms with Crippen molar-refractivity contribution in [3.8, 4) is 0 Å². The Bertz CT molecular complexity index is 508. The highest BCUT2D eigenvalue weighted by atomic mass is 79.9. The van der Waals surface area contributed by atoms with E-state index in [1.165, 1.54) is 0 Å². The largest absolute Gasteiger partial charge is 0.480 e. The number of hydrogen-bond acceptors (Lipinski definition) is 2. The number of carbonyl (C=O) groups excluding carboxylic acids is 1. The van der Waals surface area contributed by atoms with Crippen molar-refractivity contribution in [2.24, 2.45) is 5.92 Å². The van der Waals surface area contributed by atoms with Gasteiger partial charge in [0.1, 0.15) is 6.04 Å². The molecule has 1 rings (SSSR count). The Morgan fingerprint density at radius 3 is 2.50 bits per heavy atom. The van der Waals surface area contributed by atoms with Gasteiger partial charge in [0, 0.05) is 8.95 Å². The summed E-state index contributed by atoms with van der Waals surface area (Å²) in [6.07, 6.45) is 0.666. The van der Waals surface area contributed by atoms with Crippen molar-refractivity contribution in [3.63, 3.8) is 0 Å². The molecule has 0 aliphatic carbocycles. The first-order chi connectivity index (χ1) is 9.35. The first-order valence-electron chi connectivity index (χ1n) is 6.10. The van der Waals surface area contributed by atoms with Gasteiger partial charge in [0.05, 0.1) is 5.69 Å². The predicted octanol–water partition coefficient (Wildman–Crippen LogP) is 3.83. The summed E-state index contributed by atoms with van der Waals surface area (Å²) in [7, 11) is 0. The number of halogens is 2. The molecular weight excluding hydrogens is 392 g/mol. The van der Waals surface area contributed by atoms with E-state index < -0.39 is 18.0 Å². The maximum Gasteiger partial charge on any atom is 0.326 e. The van der Waals surface area contributed by atoms with Crippen LogP contribution in [0.2, 0.25) is 0 Å². The van der Waals surface area contributed by atoms with Gasteiger partial charge in [-0.15, -0.1) is 0 Å². The molecule has 1 aromatic rings. The number of nitrogens with one attached hydrogen (secondary N) is 2. The van der Waals surface area contributed by atoms with Gasteiger partial charge in [-0.2, -0.15) is 0 Å². The SMILES string of the molecule is CCC(C)C(NC(=O)Nc1ccc(Br)cc1Br)C(=O)O. The average molecular weight is 408 g/mol. The van der Waals surface area contributed by atoms with Crippen LogP contribution in [0.25, 0.3) is 0 Å². The van der Waals surface area contributed by atoms with E-state index in [1.807, 2.05) is 6.92 Å². The second-order valence-corrected chi connectivity index (χ2v) is 6.19. The normalized spacial score (nSPS) is 13.4. The number of urea groups is 1. The number of carboxylic acids is 1. The van der Waals surface area contributed by atoms with E-state index in [0.717, 1.165) is 4.47 Å². The van der Waals surface area contributed by atoms with Gasteiger partial charge < -0.3 is 15.7 Å². The highest BCUT2D eigenvalue weighted by molar-refractivity contribution is 9.11. The summed E-state index contributed by atoms with van der Waals surface area (Å²) >= 11 is 6.64. The van der Waals surface area contributed by atoms with E-state index in [2.05, 4.69) is 42.5 Å². The molecule has 20 heavy (non-hydrogen) atoms. The van der Waals surface area contributed by atoms with Crippen LogP contribution >= 0.6 is 31.9 Å². The summed E-state index contributed by atoms with van der Waals surface area (Å²) in [6.45, 7) is 3.67. The van der Waals surface area contributed by atoms with E-state index >= 15 is 0 Å². The molecule has 0 spiro atoms. The Morgan fingerprint density at radius 1 is 1.35 bits per heavy atom. The summed E-state index contributed by atoms with van der Waals surface area (Å²) < 4.78 is 1.58. The molecule has 0 saturated carbocycles. The lowest BCUT2D eigenvalue weighted by Gasteiger charge is -2.20. The van der Waals surface area contributed by atoms with E-state index in [1.54, 1.807) is 25.1 Å². The fourth-order valence-corrected chi connectivity index (χ4v) is 2.72. The monoisotopic (exact) mass is 406 g/mol. The number of amides is 2. The first kappa shape index (κ1) is 17.0. The van der Waals surface area contributed by atoms with E-state index in [-0.39, 0.29) is 5.92 Å². The third-order valence-electron chi connectivity index (χ3n) is 2.94. The van der Waals surface area contributed by atoms with Gasteiger partial charge in [-0.3, -0.25) is 0 Å². The molecule has 0 heterocycles. The van der Waals surface area contributed by atoms with Crippen LogP contribution < -0.4 is 10.6 Å². The number of rotatable bonds is 5. The molecule has 0 radical (unpaired) electrons. The van der Waals surface area contributed by atoms with Crippen LogP contribution in [0.5, 0.6) is 0 Å². The average Bonchev–Trinajstić information content (AvgIpc) is 2.38. The van der Waals surface area contributed by atoms with E-state index in [4.69, 9.17) is 5.11 Å². The maximum atomic E-state index is 11.9. The van der Waals surface area contributed by atoms with Crippen LogP contribution in [0.15, 0.2) is 27.1 Å². The lowest BCUT2D eigenvalue weighted by molar-refractivity contribution is -0.140. The zero-order chi connectivity index (χ0) is 15.3. The Morgan fingerprint density at radius 2 is 2.00 bits per heavy atom. The highest BCUT2D eigenvalue weighted by Gasteiger charge is 2.25. The third kappa shape index (κ3) is 4.79. The van der Waals surface area contributed by atoms with Gasteiger partial charge >= 0.3 is 12.0 Å². The minimum atomic E-state index is -1.04. The fraction of sp³-hybridized carbons (Fsp3) is 0.385. The lowest BCUT2D eigenvalue weighted by Crippen LogP contribution is -2.46. The fourth-order valence-electron chi connectivity index (χ4n) is 1.57. The number of anilines is 1. The zero-order valence-corrected chi connectivity index (χ0v) is 14.3. The van der Waals surface area contributed by atoms with E-state index in [0.29, 0.717) is 16.6 Å². The Balaban J connectivity index is 2.73. The molecule has 2 amide bonds. The van der Waals surface area contributed by atoms with Gasteiger partial charge in [-0.05, 0) is 40.0 Å². The molecule has 5 nitrogen and oxygen atoms in total. The van der Waals surface area contributed by atoms with Gasteiger partial charge in [-0.1, -0.05) is 36.2 Å². The number of carboxylic acid groups (broad SMARTS) is 1. The first-order valence-corrected chi connectivity index (χ1v) is 7.69. The topological polar surface area (TPSA) is 78.4 Å². The molecule has 2 unspecified atom stereocenters. The summed E-state index contributed by atoms with van der Waals surface area (Å²) in [5, 5.41) is 14.2. The minimum absolute atomic E-state index is 0.147. The van der Waals surface area contributed by atoms with Gasteiger partial charge in [0.15, 0.2) is 0 Å². The molecule has 3 N–H and O–H groups in total. The van der Waals surface area contributed by atoms with Crippen LogP contribution in [0.1, 0.15) is 20.3 Å². The second-order valence-electron chi connectivity index (χ2n) is 4.42. The van der Waals surface area contributed by atoms with Crippen LogP contribution in [0.3, 0.4) is 0 Å². The molecule has 2 atom stereocenters. The predicted molar refractivity (Wildman–Crippen MR) is 84.9 cm³/mol. The highest BCUT2D eigenvalue weighted by Crippen LogP contribution is 2.26. The summed E-state index contributed by atoms with van der Waals surface area (Å²) in [6, 6.07) is 3.84. The van der Waals surface area contributed by atoms with Crippen molar-refractivity contribution >= 4 is 49.5 Å². The molecule has 0 saturated heterocycles. The minimum Gasteiger partial charge on any atom is -0.480 e. The Labute approximate surface area is 134 Å². The van der Waals surface area contributed by atoms with E-state index in [9.17, 15) is 9.59 Å². The molecular formula is C13H16Br2N2O3. The molecule has 1 aromatic carbocycles. The quantitative estimate of drug-likeness (QED) is 0.693. The maximum absolute atomic E-state index is 11.9. The number of benzene rings is 1. The molecule has 7 heteroatoms. The molecule has 0 bridgehead atoms. The summed E-state index contributed by atoms with van der Waals surface area (Å²) in [4.78, 5) is 23.0. The smallest absolute Gasteiger partial charge is 0.326 e. The van der Waals surface area contributed by atoms with Crippen molar-refractivity contribution in [3.05, 3.63) is 27.1 Å². The van der Waals surface area contributed by atoms with Gasteiger partial charge in [0.25, 0.3) is 0 Å². The van der Waals surface area contributed by atoms with Crippen molar-refractivity contribution < 1.29 is 14.7 Å². The van der Waals surface area contributed by atoms with Crippen molar-refractivity contribution in [2.45, 2.75) is 26.3 Å². The second kappa shape index (κ2) is 7.64. The zero-order valence-electron chi connectivity index (χ0n) is 11.1. The Hall–Kier alpha value is -1.08.